The summed E-state index contributed by atoms with van der Waals surface area (Å²) < 4.78 is 11.3. The molecule has 0 amide bonds. The zero-order chi connectivity index (χ0) is 17.1. The second-order valence-electron chi connectivity index (χ2n) is 5.15. The molecule has 0 radical (unpaired) electrons. The first-order valence-corrected chi connectivity index (χ1v) is 9.37. The minimum absolute atomic E-state index is 0.470. The summed E-state index contributed by atoms with van der Waals surface area (Å²) in [4.78, 5) is 4.39. The van der Waals surface area contributed by atoms with Gasteiger partial charge in [0.25, 0.3) is 5.22 Å². The van der Waals surface area contributed by atoms with Crippen molar-refractivity contribution in [1.82, 2.24) is 25.4 Å². The molecule has 126 valence electrons. The van der Waals surface area contributed by atoms with Crippen LogP contribution in [0, 0.1) is 6.92 Å². The standard InChI is InChI=1S/C16H13N5O2S2/c1-10-17-12(8-24-10)7-13-18-21-16(23-13)25-9-14-19-20-15(22-14)11-5-3-2-4-6-11/h2-6,8H,7,9H2,1H3. The molecule has 0 aliphatic heterocycles. The van der Waals surface area contributed by atoms with E-state index < -0.39 is 0 Å². The lowest BCUT2D eigenvalue weighted by Crippen LogP contribution is -1.88. The van der Waals surface area contributed by atoms with Crippen molar-refractivity contribution in [3.8, 4) is 11.5 Å². The molecular weight excluding hydrogens is 358 g/mol. The Balaban J connectivity index is 1.37. The van der Waals surface area contributed by atoms with E-state index in [0.717, 1.165) is 16.3 Å². The molecule has 0 atom stereocenters. The number of benzene rings is 1. The van der Waals surface area contributed by atoms with E-state index in [1.165, 1.54) is 11.8 Å². The Labute approximate surface area is 151 Å². The van der Waals surface area contributed by atoms with Gasteiger partial charge in [-0.25, -0.2) is 4.98 Å². The summed E-state index contributed by atoms with van der Waals surface area (Å²) in [6, 6.07) is 9.65. The quantitative estimate of drug-likeness (QED) is 0.473. The van der Waals surface area contributed by atoms with Gasteiger partial charge in [-0.3, -0.25) is 0 Å². The van der Waals surface area contributed by atoms with Gasteiger partial charge in [0, 0.05) is 10.9 Å². The normalized spacial score (nSPS) is 11.1. The number of aryl methyl sites for hydroxylation is 1. The maximum atomic E-state index is 5.66. The number of rotatable bonds is 6. The number of thioether (sulfide) groups is 1. The third kappa shape index (κ3) is 3.94. The third-order valence-corrected chi connectivity index (χ3v) is 4.88. The van der Waals surface area contributed by atoms with Crippen molar-refractivity contribution < 1.29 is 8.83 Å². The van der Waals surface area contributed by atoms with Gasteiger partial charge in [-0.05, 0) is 19.1 Å². The van der Waals surface area contributed by atoms with Crippen LogP contribution in [0.5, 0.6) is 0 Å². The maximum absolute atomic E-state index is 5.66. The van der Waals surface area contributed by atoms with Gasteiger partial charge in [0.05, 0.1) is 22.9 Å². The van der Waals surface area contributed by atoms with Crippen molar-refractivity contribution >= 4 is 23.1 Å². The van der Waals surface area contributed by atoms with Crippen molar-refractivity contribution in [2.45, 2.75) is 24.3 Å². The highest BCUT2D eigenvalue weighted by Gasteiger charge is 2.13. The molecular formula is C16H13N5O2S2. The zero-order valence-corrected chi connectivity index (χ0v) is 14.9. The zero-order valence-electron chi connectivity index (χ0n) is 13.2. The molecule has 3 aromatic heterocycles. The Bertz CT molecular complexity index is 964. The number of thiazole rings is 1. The molecule has 0 unspecified atom stereocenters. The van der Waals surface area contributed by atoms with Gasteiger partial charge in [-0.2, -0.15) is 0 Å². The van der Waals surface area contributed by atoms with Gasteiger partial charge in [0.1, 0.15) is 0 Å². The van der Waals surface area contributed by atoms with Gasteiger partial charge < -0.3 is 8.83 Å². The molecule has 4 rings (SSSR count). The van der Waals surface area contributed by atoms with Crippen LogP contribution in [0.15, 0.2) is 49.8 Å². The summed E-state index contributed by atoms with van der Waals surface area (Å²) >= 11 is 2.97. The lowest BCUT2D eigenvalue weighted by atomic mass is 10.2. The first-order chi connectivity index (χ1) is 12.3. The molecule has 25 heavy (non-hydrogen) atoms. The largest absolute Gasteiger partial charge is 0.420 e. The molecule has 3 heterocycles. The summed E-state index contributed by atoms with van der Waals surface area (Å²) in [6.45, 7) is 1.97. The van der Waals surface area contributed by atoms with Crippen LogP contribution in [-0.4, -0.2) is 25.4 Å². The molecule has 0 saturated carbocycles. The summed E-state index contributed by atoms with van der Waals surface area (Å²) in [6.07, 6.45) is 0.538. The molecule has 0 aliphatic rings. The van der Waals surface area contributed by atoms with Crippen LogP contribution in [0.2, 0.25) is 0 Å². The van der Waals surface area contributed by atoms with Gasteiger partial charge in [-0.15, -0.1) is 31.7 Å². The first kappa shape index (κ1) is 16.0. The summed E-state index contributed by atoms with van der Waals surface area (Å²) in [7, 11) is 0. The van der Waals surface area contributed by atoms with Crippen LogP contribution in [0.4, 0.5) is 0 Å². The number of hydrogen-bond donors (Lipinski definition) is 0. The van der Waals surface area contributed by atoms with Crippen LogP contribution >= 0.6 is 23.1 Å². The maximum Gasteiger partial charge on any atom is 0.277 e. The van der Waals surface area contributed by atoms with Gasteiger partial charge in [0.2, 0.25) is 17.7 Å². The van der Waals surface area contributed by atoms with E-state index in [0.29, 0.717) is 35.1 Å². The van der Waals surface area contributed by atoms with Crippen LogP contribution < -0.4 is 0 Å². The highest BCUT2D eigenvalue weighted by molar-refractivity contribution is 7.98. The van der Waals surface area contributed by atoms with Crippen molar-refractivity contribution in [3.63, 3.8) is 0 Å². The fourth-order valence-electron chi connectivity index (χ4n) is 2.15. The Morgan fingerprint density at radius 2 is 1.84 bits per heavy atom. The lowest BCUT2D eigenvalue weighted by molar-refractivity contribution is 0.418. The minimum atomic E-state index is 0.470. The highest BCUT2D eigenvalue weighted by atomic mass is 32.2. The van der Waals surface area contributed by atoms with Crippen LogP contribution in [0.3, 0.4) is 0 Å². The van der Waals surface area contributed by atoms with Crippen molar-refractivity contribution in [2.75, 3.05) is 0 Å². The van der Waals surface area contributed by atoms with Gasteiger partial charge >= 0.3 is 0 Å². The lowest BCUT2D eigenvalue weighted by Gasteiger charge is -1.93. The van der Waals surface area contributed by atoms with Crippen molar-refractivity contribution in [3.05, 3.63) is 58.2 Å². The number of nitrogens with zero attached hydrogens (tertiary/aromatic N) is 5. The number of aromatic nitrogens is 5. The fraction of sp³-hybridized carbons (Fsp3) is 0.188. The summed E-state index contributed by atoms with van der Waals surface area (Å²) in [5, 5.41) is 19.7. The Morgan fingerprint density at radius 3 is 2.64 bits per heavy atom. The molecule has 1 aromatic carbocycles. The molecule has 0 N–H and O–H groups in total. The minimum Gasteiger partial charge on any atom is -0.420 e. The van der Waals surface area contributed by atoms with E-state index in [9.17, 15) is 0 Å². The average molecular weight is 371 g/mol. The Morgan fingerprint density at radius 1 is 1.00 bits per heavy atom. The predicted molar refractivity (Wildman–Crippen MR) is 93.3 cm³/mol. The van der Waals surface area contributed by atoms with Crippen molar-refractivity contribution in [2.24, 2.45) is 0 Å². The average Bonchev–Trinajstić information content (AvgIpc) is 3.36. The Kier molecular flexibility index (Phi) is 4.57. The van der Waals surface area contributed by atoms with E-state index in [1.54, 1.807) is 11.3 Å². The van der Waals surface area contributed by atoms with Crippen LogP contribution in [0.1, 0.15) is 22.5 Å². The summed E-state index contributed by atoms with van der Waals surface area (Å²) in [5.41, 5.74) is 1.83. The fourth-order valence-corrected chi connectivity index (χ4v) is 3.38. The van der Waals surface area contributed by atoms with E-state index in [1.807, 2.05) is 42.6 Å². The summed E-state index contributed by atoms with van der Waals surface area (Å²) in [5.74, 6) is 2.03. The van der Waals surface area contributed by atoms with Crippen molar-refractivity contribution in [1.29, 1.82) is 0 Å². The molecule has 9 heteroatoms. The molecule has 0 saturated heterocycles. The molecule has 7 nitrogen and oxygen atoms in total. The smallest absolute Gasteiger partial charge is 0.277 e. The van der Waals surface area contributed by atoms with E-state index in [2.05, 4.69) is 25.4 Å². The topological polar surface area (TPSA) is 90.7 Å². The van der Waals surface area contributed by atoms with Gasteiger partial charge in [-0.1, -0.05) is 30.0 Å². The Hall–Kier alpha value is -2.52. The van der Waals surface area contributed by atoms with Gasteiger partial charge in [0.15, 0.2) is 0 Å². The van der Waals surface area contributed by atoms with Crippen LogP contribution in [-0.2, 0) is 12.2 Å². The van der Waals surface area contributed by atoms with Crippen LogP contribution in [0.25, 0.3) is 11.5 Å². The van der Waals surface area contributed by atoms with E-state index in [4.69, 9.17) is 8.83 Å². The second-order valence-corrected chi connectivity index (χ2v) is 7.14. The predicted octanol–water partition coefficient (Wildman–Crippen LogP) is 3.77. The monoisotopic (exact) mass is 371 g/mol. The SMILES string of the molecule is Cc1nc(Cc2nnc(SCc3nnc(-c4ccccc4)o3)o2)cs1. The number of hydrogen-bond acceptors (Lipinski definition) is 9. The molecule has 4 aromatic rings. The molecule has 0 aliphatic carbocycles. The first-order valence-electron chi connectivity index (χ1n) is 7.50. The van der Waals surface area contributed by atoms with E-state index >= 15 is 0 Å². The molecule has 0 fully saturated rings. The highest BCUT2D eigenvalue weighted by Crippen LogP contribution is 2.24. The van der Waals surface area contributed by atoms with E-state index in [-0.39, 0.29) is 0 Å². The molecule has 0 bridgehead atoms. The molecule has 0 spiro atoms. The second kappa shape index (κ2) is 7.16. The third-order valence-electron chi connectivity index (χ3n) is 3.25.